The molecule has 0 bridgehead atoms. The lowest BCUT2D eigenvalue weighted by Gasteiger charge is -2.21. The number of nitrogens with zero attached hydrogens (tertiary/aromatic N) is 1. The van der Waals surface area contributed by atoms with Gasteiger partial charge in [-0.2, -0.15) is 0 Å². The summed E-state index contributed by atoms with van der Waals surface area (Å²) in [7, 11) is -1.80. The third-order valence-corrected chi connectivity index (χ3v) is 5.54. The van der Waals surface area contributed by atoms with Crippen LogP contribution in [0.15, 0.2) is 29.2 Å². The molecule has 1 aromatic rings. The molecular weight excluding hydrogens is 272 g/mol. The lowest BCUT2D eigenvalue weighted by Crippen LogP contribution is -2.34. The Balaban J connectivity index is 2.76. The van der Waals surface area contributed by atoms with Gasteiger partial charge in [0.25, 0.3) is 0 Å². The number of benzene rings is 1. The summed E-state index contributed by atoms with van der Waals surface area (Å²) in [5, 5.41) is 0. The van der Waals surface area contributed by atoms with Crippen LogP contribution >= 0.6 is 0 Å². The molecule has 0 saturated carbocycles. The van der Waals surface area contributed by atoms with Crippen LogP contribution in [0, 0.1) is 5.92 Å². The van der Waals surface area contributed by atoms with Crippen molar-refractivity contribution in [3.8, 4) is 0 Å². The maximum atomic E-state index is 12.4. The lowest BCUT2D eigenvalue weighted by molar-refractivity contribution is 0.397. The summed E-state index contributed by atoms with van der Waals surface area (Å²) >= 11 is 0. The predicted molar refractivity (Wildman–Crippen MR) is 83.1 cm³/mol. The van der Waals surface area contributed by atoms with Crippen molar-refractivity contribution in [3.05, 3.63) is 29.8 Å². The van der Waals surface area contributed by atoms with E-state index in [1.165, 1.54) is 4.31 Å². The van der Waals surface area contributed by atoms with E-state index >= 15 is 0 Å². The first kappa shape index (κ1) is 17.1. The molecule has 1 aromatic carbocycles. The molecule has 0 saturated heterocycles. The summed E-state index contributed by atoms with van der Waals surface area (Å²) in [6.07, 6.45) is 1.57. The average Bonchev–Trinajstić information content (AvgIpc) is 2.44. The zero-order valence-electron chi connectivity index (χ0n) is 12.8. The fraction of sp³-hybridized carbons (Fsp3) is 0.600. The topological polar surface area (TPSA) is 63.4 Å². The molecule has 1 rings (SSSR count). The Morgan fingerprint density at radius 2 is 1.75 bits per heavy atom. The summed E-state index contributed by atoms with van der Waals surface area (Å²) in [6.45, 7) is 6.57. The molecule has 114 valence electrons. The summed E-state index contributed by atoms with van der Waals surface area (Å²) in [6, 6.07) is 7.09. The first-order valence-electron chi connectivity index (χ1n) is 7.10. The van der Waals surface area contributed by atoms with E-state index in [0.29, 0.717) is 23.8 Å². The number of rotatable bonds is 7. The summed E-state index contributed by atoms with van der Waals surface area (Å²) < 4.78 is 26.2. The smallest absolute Gasteiger partial charge is 0.242 e. The maximum Gasteiger partial charge on any atom is 0.242 e. The van der Waals surface area contributed by atoms with Crippen molar-refractivity contribution in [3.63, 3.8) is 0 Å². The van der Waals surface area contributed by atoms with Crippen LogP contribution in [0.5, 0.6) is 0 Å². The van der Waals surface area contributed by atoms with Crippen LogP contribution in [0.4, 0.5) is 0 Å². The van der Waals surface area contributed by atoms with Crippen molar-refractivity contribution in [2.45, 2.75) is 44.6 Å². The van der Waals surface area contributed by atoms with E-state index in [9.17, 15) is 8.42 Å². The van der Waals surface area contributed by atoms with E-state index in [2.05, 4.69) is 0 Å². The third-order valence-electron chi connectivity index (χ3n) is 3.67. The zero-order chi connectivity index (χ0) is 15.3. The molecule has 0 fully saturated rings. The summed E-state index contributed by atoms with van der Waals surface area (Å²) in [5.41, 5.74) is 7.10. The number of sulfonamides is 1. The van der Waals surface area contributed by atoms with Gasteiger partial charge in [-0.15, -0.1) is 0 Å². The fourth-order valence-corrected chi connectivity index (χ4v) is 3.05. The Bertz CT molecular complexity index is 509. The highest BCUT2D eigenvalue weighted by molar-refractivity contribution is 7.89. The van der Waals surface area contributed by atoms with E-state index in [0.717, 1.165) is 12.0 Å². The predicted octanol–water partition coefficient (Wildman–Crippen LogP) is 2.24. The van der Waals surface area contributed by atoms with E-state index < -0.39 is 10.0 Å². The molecule has 0 aliphatic rings. The summed E-state index contributed by atoms with van der Waals surface area (Å²) in [4.78, 5) is 0.343. The van der Waals surface area contributed by atoms with Gasteiger partial charge in [-0.05, 0) is 36.5 Å². The van der Waals surface area contributed by atoms with Crippen molar-refractivity contribution in [2.24, 2.45) is 11.7 Å². The van der Waals surface area contributed by atoms with Gasteiger partial charge in [0.1, 0.15) is 0 Å². The number of aryl methyl sites for hydroxylation is 1. The molecular formula is C15H26N2O2S. The highest BCUT2D eigenvalue weighted by Gasteiger charge is 2.21. The van der Waals surface area contributed by atoms with Crippen LogP contribution in [0.3, 0.4) is 0 Å². The van der Waals surface area contributed by atoms with Gasteiger partial charge in [0.2, 0.25) is 10.0 Å². The standard InChI is InChI=1S/C15H26N2O2S/c1-5-13-6-8-14(9-7-13)20(18,19)17(4)11-10-15(16)12(2)3/h6-9,12,15H,5,10-11,16H2,1-4H3. The molecule has 4 nitrogen and oxygen atoms in total. The van der Waals surface area contributed by atoms with Gasteiger partial charge in [-0.25, -0.2) is 12.7 Å². The SMILES string of the molecule is CCc1ccc(S(=O)(=O)N(C)CCC(N)C(C)C)cc1. The second kappa shape index (κ2) is 7.20. The van der Waals surface area contributed by atoms with Crippen LogP contribution in [-0.4, -0.2) is 32.4 Å². The first-order chi connectivity index (χ1) is 9.28. The largest absolute Gasteiger partial charge is 0.327 e. The van der Waals surface area contributed by atoms with Crippen molar-refractivity contribution in [1.29, 1.82) is 0 Å². The van der Waals surface area contributed by atoms with Gasteiger partial charge in [0.15, 0.2) is 0 Å². The molecule has 0 amide bonds. The highest BCUT2D eigenvalue weighted by atomic mass is 32.2. The van der Waals surface area contributed by atoms with Crippen molar-refractivity contribution in [2.75, 3.05) is 13.6 Å². The van der Waals surface area contributed by atoms with Crippen molar-refractivity contribution >= 4 is 10.0 Å². The molecule has 1 unspecified atom stereocenters. The van der Waals surface area contributed by atoms with Crippen LogP contribution in [0.25, 0.3) is 0 Å². The van der Waals surface area contributed by atoms with Crippen LogP contribution < -0.4 is 5.73 Å². The molecule has 0 aromatic heterocycles. The van der Waals surface area contributed by atoms with Crippen LogP contribution in [-0.2, 0) is 16.4 Å². The molecule has 5 heteroatoms. The second-order valence-electron chi connectivity index (χ2n) is 5.52. The number of nitrogens with two attached hydrogens (primary N) is 1. The Hall–Kier alpha value is -0.910. The van der Waals surface area contributed by atoms with E-state index in [4.69, 9.17) is 5.73 Å². The fourth-order valence-electron chi connectivity index (χ4n) is 1.86. The third kappa shape index (κ3) is 4.30. The van der Waals surface area contributed by atoms with Gasteiger partial charge >= 0.3 is 0 Å². The Kier molecular flexibility index (Phi) is 6.17. The van der Waals surface area contributed by atoms with E-state index in [1.54, 1.807) is 19.2 Å². The first-order valence-corrected chi connectivity index (χ1v) is 8.54. The zero-order valence-corrected chi connectivity index (χ0v) is 13.7. The molecule has 1 atom stereocenters. The number of hydrogen-bond acceptors (Lipinski definition) is 3. The quantitative estimate of drug-likeness (QED) is 0.839. The Morgan fingerprint density at radius 1 is 1.20 bits per heavy atom. The molecule has 20 heavy (non-hydrogen) atoms. The van der Waals surface area contributed by atoms with E-state index in [1.807, 2.05) is 32.9 Å². The second-order valence-corrected chi connectivity index (χ2v) is 7.57. The molecule has 0 aliphatic carbocycles. The minimum atomic E-state index is -3.41. The molecule has 0 spiro atoms. The van der Waals surface area contributed by atoms with Crippen molar-refractivity contribution < 1.29 is 8.42 Å². The molecule has 0 heterocycles. The lowest BCUT2D eigenvalue weighted by atomic mass is 10.0. The van der Waals surface area contributed by atoms with Gasteiger partial charge in [-0.1, -0.05) is 32.9 Å². The molecule has 2 N–H and O–H groups in total. The Morgan fingerprint density at radius 3 is 2.20 bits per heavy atom. The normalized spacial score (nSPS) is 13.9. The van der Waals surface area contributed by atoms with Gasteiger partial charge in [-0.3, -0.25) is 0 Å². The molecule has 0 radical (unpaired) electrons. The number of hydrogen-bond donors (Lipinski definition) is 1. The summed E-state index contributed by atoms with van der Waals surface area (Å²) in [5.74, 6) is 0.356. The van der Waals surface area contributed by atoms with Gasteiger partial charge < -0.3 is 5.73 Å². The monoisotopic (exact) mass is 298 g/mol. The Labute approximate surface area is 123 Å². The minimum absolute atomic E-state index is 0.0233. The van der Waals surface area contributed by atoms with Gasteiger partial charge in [0.05, 0.1) is 4.90 Å². The van der Waals surface area contributed by atoms with Gasteiger partial charge in [0, 0.05) is 19.6 Å². The van der Waals surface area contributed by atoms with Crippen molar-refractivity contribution in [1.82, 2.24) is 4.31 Å². The average molecular weight is 298 g/mol. The maximum absolute atomic E-state index is 12.4. The minimum Gasteiger partial charge on any atom is -0.327 e. The van der Waals surface area contributed by atoms with Crippen LogP contribution in [0.1, 0.15) is 32.8 Å². The highest BCUT2D eigenvalue weighted by Crippen LogP contribution is 2.16. The van der Waals surface area contributed by atoms with Crippen LogP contribution in [0.2, 0.25) is 0 Å². The van der Waals surface area contributed by atoms with E-state index in [-0.39, 0.29) is 6.04 Å². The molecule has 0 aliphatic heterocycles.